The number of carbonyl (C=O) groups is 1. The maximum atomic E-state index is 12.5. The topological polar surface area (TPSA) is 63.0 Å². The molecule has 2 heterocycles. The number of Topliss-reactive ketones (excluding diaryl/α,β-unsaturated/α-hetero) is 1. The van der Waals surface area contributed by atoms with E-state index in [0.717, 1.165) is 23.2 Å². The van der Waals surface area contributed by atoms with Gasteiger partial charge in [-0.05, 0) is 12.0 Å². The molecule has 0 unspecified atom stereocenters. The van der Waals surface area contributed by atoms with Crippen molar-refractivity contribution in [3.8, 4) is 11.4 Å². The SMILES string of the molecule is CCCCCCCCCCCCCCCCCC(=O)Cc1ccc(-c2nc3c(Cl)c(C(C)(C)C)[nH]n3n2)cc1. The molecule has 0 atom stereocenters. The monoisotopic (exact) mass is 554 g/mol. The molecule has 2 aromatic heterocycles. The first-order valence-corrected chi connectivity index (χ1v) is 15.9. The first-order chi connectivity index (χ1) is 18.8. The zero-order chi connectivity index (χ0) is 28.1. The van der Waals surface area contributed by atoms with Crippen LogP contribution in [0.5, 0.6) is 0 Å². The quantitative estimate of drug-likeness (QED) is 0.150. The Kier molecular flexibility index (Phi) is 13.0. The number of fused-ring (bicyclic) bond motifs is 1. The zero-order valence-electron chi connectivity index (χ0n) is 25.0. The highest BCUT2D eigenvalue weighted by molar-refractivity contribution is 6.34. The molecular formula is C33H51ClN4O. The largest absolute Gasteiger partial charge is 0.299 e. The molecule has 0 amide bonds. The zero-order valence-corrected chi connectivity index (χ0v) is 25.7. The Morgan fingerprint density at radius 3 is 1.82 bits per heavy atom. The molecule has 1 aromatic carbocycles. The first-order valence-electron chi connectivity index (χ1n) is 15.6. The molecule has 0 bridgehead atoms. The Bertz CT molecular complexity index is 1120. The first kappa shape index (κ1) is 31.4. The molecule has 6 heteroatoms. The van der Waals surface area contributed by atoms with Gasteiger partial charge in [0.15, 0.2) is 11.5 Å². The average molecular weight is 555 g/mol. The van der Waals surface area contributed by atoms with E-state index in [9.17, 15) is 4.79 Å². The third-order valence-electron chi connectivity index (χ3n) is 7.66. The minimum atomic E-state index is -0.111. The molecule has 0 saturated carbocycles. The number of aromatic nitrogens is 4. The third-order valence-corrected chi connectivity index (χ3v) is 8.02. The van der Waals surface area contributed by atoms with E-state index in [1.54, 1.807) is 4.63 Å². The maximum Gasteiger partial charge on any atom is 0.194 e. The molecule has 3 rings (SSSR count). The average Bonchev–Trinajstić information content (AvgIpc) is 3.46. The molecule has 39 heavy (non-hydrogen) atoms. The maximum absolute atomic E-state index is 12.5. The molecule has 0 saturated heterocycles. The summed E-state index contributed by atoms with van der Waals surface area (Å²) in [6.45, 7) is 8.59. The van der Waals surface area contributed by atoms with Crippen LogP contribution in [0, 0.1) is 0 Å². The predicted octanol–water partition coefficient (Wildman–Crippen LogP) is 10.0. The summed E-state index contributed by atoms with van der Waals surface area (Å²) in [5.41, 5.74) is 3.41. The minimum Gasteiger partial charge on any atom is -0.299 e. The van der Waals surface area contributed by atoms with Gasteiger partial charge in [0.05, 0.1) is 5.69 Å². The number of carbonyl (C=O) groups excluding carboxylic acids is 1. The van der Waals surface area contributed by atoms with Crippen molar-refractivity contribution in [3.63, 3.8) is 0 Å². The van der Waals surface area contributed by atoms with E-state index in [-0.39, 0.29) is 5.41 Å². The van der Waals surface area contributed by atoms with Crippen LogP contribution in [-0.2, 0) is 16.6 Å². The van der Waals surface area contributed by atoms with Crippen LogP contribution in [-0.4, -0.2) is 25.6 Å². The van der Waals surface area contributed by atoms with Crippen LogP contribution < -0.4 is 0 Å². The molecule has 0 radical (unpaired) electrons. The van der Waals surface area contributed by atoms with Gasteiger partial charge in [-0.1, -0.05) is 153 Å². The van der Waals surface area contributed by atoms with E-state index in [1.165, 1.54) is 89.9 Å². The fraction of sp³-hybridized carbons (Fsp3) is 0.667. The number of hydrogen-bond acceptors (Lipinski definition) is 3. The number of nitrogens with zero attached hydrogens (tertiary/aromatic N) is 3. The number of H-pyrrole nitrogens is 1. The van der Waals surface area contributed by atoms with Gasteiger partial charge in [0.25, 0.3) is 0 Å². The second-order valence-electron chi connectivity index (χ2n) is 12.3. The second kappa shape index (κ2) is 16.2. The van der Waals surface area contributed by atoms with Gasteiger partial charge in [-0.3, -0.25) is 9.89 Å². The number of nitrogens with one attached hydrogen (secondary N) is 1. The van der Waals surface area contributed by atoms with Gasteiger partial charge < -0.3 is 0 Å². The Labute approximate surface area is 241 Å². The lowest BCUT2D eigenvalue weighted by Crippen LogP contribution is -2.12. The number of benzene rings is 1. The highest BCUT2D eigenvalue weighted by Gasteiger charge is 2.24. The van der Waals surface area contributed by atoms with E-state index in [4.69, 9.17) is 11.6 Å². The summed E-state index contributed by atoms with van der Waals surface area (Å²) < 4.78 is 1.65. The molecule has 216 valence electrons. The van der Waals surface area contributed by atoms with Crippen molar-refractivity contribution in [2.45, 2.75) is 142 Å². The van der Waals surface area contributed by atoms with Crippen LogP contribution in [0.2, 0.25) is 5.02 Å². The van der Waals surface area contributed by atoms with E-state index in [2.05, 4.69) is 42.9 Å². The second-order valence-corrected chi connectivity index (χ2v) is 12.7. The number of aromatic amines is 1. The summed E-state index contributed by atoms with van der Waals surface area (Å²) in [5, 5.41) is 8.44. The Morgan fingerprint density at radius 2 is 1.33 bits per heavy atom. The van der Waals surface area contributed by atoms with Crippen molar-refractivity contribution < 1.29 is 4.79 Å². The Hall–Kier alpha value is -2.14. The van der Waals surface area contributed by atoms with Crippen molar-refractivity contribution in [1.82, 2.24) is 19.8 Å². The van der Waals surface area contributed by atoms with Gasteiger partial charge in [-0.2, -0.15) is 4.63 Å². The Morgan fingerprint density at radius 1 is 0.821 bits per heavy atom. The van der Waals surface area contributed by atoms with E-state index < -0.39 is 0 Å². The number of unbranched alkanes of at least 4 members (excludes halogenated alkanes) is 14. The lowest BCUT2D eigenvalue weighted by Gasteiger charge is -2.16. The van der Waals surface area contributed by atoms with Gasteiger partial charge >= 0.3 is 0 Å². The van der Waals surface area contributed by atoms with E-state index >= 15 is 0 Å². The summed E-state index contributed by atoms with van der Waals surface area (Å²) >= 11 is 6.55. The predicted molar refractivity (Wildman–Crippen MR) is 165 cm³/mol. The summed E-state index contributed by atoms with van der Waals surface area (Å²) in [6, 6.07) is 8.00. The van der Waals surface area contributed by atoms with Crippen LogP contribution in [0.3, 0.4) is 0 Å². The fourth-order valence-corrected chi connectivity index (χ4v) is 5.65. The number of rotatable bonds is 19. The summed E-state index contributed by atoms with van der Waals surface area (Å²) in [7, 11) is 0. The fourth-order valence-electron chi connectivity index (χ4n) is 5.20. The highest BCUT2D eigenvalue weighted by atomic mass is 35.5. The molecular weight excluding hydrogens is 504 g/mol. The van der Waals surface area contributed by atoms with Crippen molar-refractivity contribution in [1.29, 1.82) is 0 Å². The van der Waals surface area contributed by atoms with Crippen molar-refractivity contribution in [3.05, 3.63) is 40.5 Å². The third kappa shape index (κ3) is 10.4. The van der Waals surface area contributed by atoms with Gasteiger partial charge in [0, 0.05) is 23.8 Å². The van der Waals surface area contributed by atoms with Crippen LogP contribution in [0.4, 0.5) is 0 Å². The lowest BCUT2D eigenvalue weighted by atomic mass is 9.92. The molecule has 0 spiro atoms. The summed E-state index contributed by atoms with van der Waals surface area (Å²) in [6.07, 6.45) is 21.3. The van der Waals surface area contributed by atoms with Gasteiger partial charge in [-0.25, -0.2) is 4.98 Å². The van der Waals surface area contributed by atoms with E-state index in [0.29, 0.717) is 35.1 Å². The van der Waals surface area contributed by atoms with Crippen LogP contribution in [0.15, 0.2) is 24.3 Å². The Balaban J connectivity index is 1.26. The summed E-state index contributed by atoms with van der Waals surface area (Å²) in [5.74, 6) is 0.951. The number of ketones is 1. The normalized spacial score (nSPS) is 12.0. The van der Waals surface area contributed by atoms with Gasteiger partial charge in [0.1, 0.15) is 10.8 Å². The van der Waals surface area contributed by atoms with Crippen molar-refractivity contribution in [2.24, 2.45) is 0 Å². The standard InChI is InChI=1S/C33H51ClN4O/c1-5-6-7-8-9-10-11-12-13-14-15-16-17-18-19-20-28(39)25-26-21-23-27(24-22-26)31-35-32-29(34)30(33(2,3)4)36-38(32)37-31/h21-24,36H,5-20,25H2,1-4H3. The van der Waals surface area contributed by atoms with Crippen LogP contribution >= 0.6 is 11.6 Å². The molecule has 5 nitrogen and oxygen atoms in total. The lowest BCUT2D eigenvalue weighted by molar-refractivity contribution is -0.118. The van der Waals surface area contributed by atoms with E-state index in [1.807, 2.05) is 24.3 Å². The van der Waals surface area contributed by atoms with Crippen molar-refractivity contribution in [2.75, 3.05) is 0 Å². The number of hydrogen-bond donors (Lipinski definition) is 1. The summed E-state index contributed by atoms with van der Waals surface area (Å²) in [4.78, 5) is 17.1. The van der Waals surface area contributed by atoms with Gasteiger partial charge in [0.2, 0.25) is 0 Å². The number of halogens is 1. The molecule has 3 aromatic rings. The van der Waals surface area contributed by atoms with Crippen molar-refractivity contribution >= 4 is 23.0 Å². The van der Waals surface area contributed by atoms with Gasteiger partial charge in [-0.15, -0.1) is 5.10 Å². The molecule has 1 N–H and O–H groups in total. The smallest absolute Gasteiger partial charge is 0.194 e. The minimum absolute atomic E-state index is 0.111. The molecule has 0 fully saturated rings. The molecule has 0 aliphatic carbocycles. The molecule has 0 aliphatic heterocycles. The molecule has 0 aliphatic rings. The van der Waals surface area contributed by atoms with Crippen LogP contribution in [0.25, 0.3) is 17.0 Å². The highest BCUT2D eigenvalue weighted by Crippen LogP contribution is 2.31. The van der Waals surface area contributed by atoms with Crippen LogP contribution in [0.1, 0.15) is 142 Å².